The fourth-order valence-corrected chi connectivity index (χ4v) is 1.90. The van der Waals surface area contributed by atoms with Gasteiger partial charge in [0, 0.05) is 24.5 Å². The van der Waals surface area contributed by atoms with Crippen LogP contribution in [0.3, 0.4) is 0 Å². The second kappa shape index (κ2) is 6.08. The third-order valence-corrected chi connectivity index (χ3v) is 2.87. The van der Waals surface area contributed by atoms with Gasteiger partial charge in [0.1, 0.15) is 5.69 Å². The molecule has 0 unspecified atom stereocenters. The fraction of sp³-hybridized carbons (Fsp3) is 0.357. The van der Waals surface area contributed by atoms with Crippen LogP contribution in [0.5, 0.6) is 0 Å². The third kappa shape index (κ3) is 3.72. The van der Waals surface area contributed by atoms with Crippen LogP contribution in [0, 0.1) is 6.92 Å². The molecule has 0 radical (unpaired) electrons. The van der Waals surface area contributed by atoms with Crippen molar-refractivity contribution in [3.63, 3.8) is 0 Å². The first-order valence-electron chi connectivity index (χ1n) is 6.25. The molecule has 0 spiro atoms. The number of aromatic nitrogens is 3. The van der Waals surface area contributed by atoms with Crippen molar-refractivity contribution >= 4 is 11.6 Å². The lowest BCUT2D eigenvalue weighted by Crippen LogP contribution is -2.22. The van der Waals surface area contributed by atoms with E-state index < -0.39 is 0 Å². The van der Waals surface area contributed by atoms with E-state index >= 15 is 0 Å². The topological polar surface area (TPSA) is 50.7 Å². The molecule has 0 aliphatic heterocycles. The molecule has 0 atom stereocenters. The largest absolute Gasteiger partial charge is 0.309 e. The maximum atomic E-state index is 6.13. The summed E-state index contributed by atoms with van der Waals surface area (Å²) in [7, 11) is 0. The van der Waals surface area contributed by atoms with Crippen LogP contribution in [0.25, 0.3) is 11.5 Å². The molecular formula is C14H17ClN4. The number of hydrogen-bond acceptors (Lipinski definition) is 4. The zero-order valence-electron chi connectivity index (χ0n) is 11.3. The average Bonchev–Trinajstić information content (AvgIpc) is 2.36. The van der Waals surface area contributed by atoms with Crippen molar-refractivity contribution in [1.29, 1.82) is 0 Å². The number of hydrogen-bond donors (Lipinski definition) is 1. The van der Waals surface area contributed by atoms with E-state index in [1.54, 1.807) is 18.3 Å². The Labute approximate surface area is 118 Å². The molecular weight excluding hydrogens is 260 g/mol. The average molecular weight is 277 g/mol. The van der Waals surface area contributed by atoms with Gasteiger partial charge in [-0.05, 0) is 25.1 Å². The van der Waals surface area contributed by atoms with Gasteiger partial charge in [-0.25, -0.2) is 9.97 Å². The van der Waals surface area contributed by atoms with Crippen molar-refractivity contribution in [3.8, 4) is 11.5 Å². The zero-order chi connectivity index (χ0) is 13.8. The van der Waals surface area contributed by atoms with Crippen LogP contribution < -0.4 is 5.32 Å². The Hall–Kier alpha value is -1.52. The number of aryl methyl sites for hydroxylation is 1. The molecule has 19 heavy (non-hydrogen) atoms. The molecule has 2 aromatic rings. The fourth-order valence-electron chi connectivity index (χ4n) is 1.69. The quantitative estimate of drug-likeness (QED) is 0.933. The molecule has 0 saturated carbocycles. The molecule has 0 aliphatic rings. The number of halogens is 1. The minimum Gasteiger partial charge on any atom is -0.309 e. The highest BCUT2D eigenvalue weighted by molar-refractivity contribution is 6.32. The number of pyridine rings is 1. The number of rotatable bonds is 4. The second-order valence-electron chi connectivity index (χ2n) is 4.69. The highest BCUT2D eigenvalue weighted by Gasteiger charge is 2.10. The third-order valence-electron chi connectivity index (χ3n) is 2.57. The van der Waals surface area contributed by atoms with Crippen LogP contribution in [0.2, 0.25) is 5.02 Å². The van der Waals surface area contributed by atoms with Crippen LogP contribution in [0.15, 0.2) is 24.4 Å². The summed E-state index contributed by atoms with van der Waals surface area (Å²) in [6.07, 6.45) is 1.69. The van der Waals surface area contributed by atoms with Gasteiger partial charge in [0.2, 0.25) is 0 Å². The summed E-state index contributed by atoms with van der Waals surface area (Å²) >= 11 is 6.13. The minimum absolute atomic E-state index is 0.414. The molecule has 2 rings (SSSR count). The first-order chi connectivity index (χ1) is 9.06. The minimum atomic E-state index is 0.414. The van der Waals surface area contributed by atoms with E-state index in [1.807, 2.05) is 13.0 Å². The van der Waals surface area contributed by atoms with Gasteiger partial charge in [-0.1, -0.05) is 25.4 Å². The molecule has 0 bridgehead atoms. The molecule has 0 aliphatic carbocycles. The summed E-state index contributed by atoms with van der Waals surface area (Å²) in [6.45, 7) is 6.86. The Morgan fingerprint density at radius 1 is 1.32 bits per heavy atom. The normalized spacial score (nSPS) is 11.0. The van der Waals surface area contributed by atoms with Crippen molar-refractivity contribution in [2.24, 2.45) is 0 Å². The summed E-state index contributed by atoms with van der Waals surface area (Å²) < 4.78 is 0. The maximum absolute atomic E-state index is 6.13. The number of nitrogens with one attached hydrogen (secondary N) is 1. The van der Waals surface area contributed by atoms with Crippen LogP contribution in [-0.2, 0) is 6.54 Å². The lowest BCUT2D eigenvalue weighted by Gasteiger charge is -2.09. The van der Waals surface area contributed by atoms with Gasteiger partial charge in [0.25, 0.3) is 0 Å². The van der Waals surface area contributed by atoms with Gasteiger partial charge in [-0.15, -0.1) is 0 Å². The van der Waals surface area contributed by atoms with Crippen molar-refractivity contribution in [2.45, 2.75) is 33.4 Å². The molecule has 2 aromatic heterocycles. The molecule has 4 nitrogen and oxygen atoms in total. The zero-order valence-corrected chi connectivity index (χ0v) is 12.1. The standard InChI is InChI=1S/C14H17ClN4/c1-9(2)17-8-11-7-10(3)18-14(19-11)13-12(15)5-4-6-16-13/h4-7,9,17H,8H2,1-3H3. The van der Waals surface area contributed by atoms with Crippen LogP contribution >= 0.6 is 11.6 Å². The number of nitrogens with zero attached hydrogens (tertiary/aromatic N) is 3. The van der Waals surface area contributed by atoms with Gasteiger partial charge in [-0.2, -0.15) is 0 Å². The Balaban J connectivity index is 2.34. The Morgan fingerprint density at radius 2 is 2.11 bits per heavy atom. The van der Waals surface area contributed by atoms with Gasteiger partial charge < -0.3 is 5.32 Å². The molecule has 2 heterocycles. The smallest absolute Gasteiger partial charge is 0.180 e. The van der Waals surface area contributed by atoms with Crippen molar-refractivity contribution < 1.29 is 0 Å². The highest BCUT2D eigenvalue weighted by Crippen LogP contribution is 2.22. The summed E-state index contributed by atoms with van der Waals surface area (Å²) in [4.78, 5) is 13.2. The molecule has 0 saturated heterocycles. The molecule has 5 heteroatoms. The van der Waals surface area contributed by atoms with Crippen molar-refractivity contribution in [2.75, 3.05) is 0 Å². The second-order valence-corrected chi connectivity index (χ2v) is 5.10. The first-order valence-corrected chi connectivity index (χ1v) is 6.63. The summed E-state index contributed by atoms with van der Waals surface area (Å²) in [5.74, 6) is 0.575. The summed E-state index contributed by atoms with van der Waals surface area (Å²) in [6, 6.07) is 5.97. The Kier molecular flexibility index (Phi) is 4.45. The van der Waals surface area contributed by atoms with Crippen molar-refractivity contribution in [1.82, 2.24) is 20.3 Å². The van der Waals surface area contributed by atoms with Crippen LogP contribution in [0.4, 0.5) is 0 Å². The van der Waals surface area contributed by atoms with E-state index in [0.717, 1.165) is 11.4 Å². The Bertz CT molecular complexity index is 569. The SMILES string of the molecule is Cc1cc(CNC(C)C)nc(-c2ncccc2Cl)n1. The highest BCUT2D eigenvalue weighted by atomic mass is 35.5. The maximum Gasteiger partial charge on any atom is 0.180 e. The van der Waals surface area contributed by atoms with E-state index in [9.17, 15) is 0 Å². The van der Waals surface area contributed by atoms with E-state index in [4.69, 9.17) is 11.6 Å². The molecule has 1 N–H and O–H groups in total. The van der Waals surface area contributed by atoms with E-state index in [-0.39, 0.29) is 0 Å². The van der Waals surface area contributed by atoms with E-state index in [0.29, 0.717) is 29.1 Å². The van der Waals surface area contributed by atoms with Gasteiger partial charge in [0.05, 0.1) is 10.7 Å². The summed E-state index contributed by atoms with van der Waals surface area (Å²) in [5.41, 5.74) is 2.48. The van der Waals surface area contributed by atoms with Gasteiger partial charge in [0.15, 0.2) is 5.82 Å². The first kappa shape index (κ1) is 13.9. The summed E-state index contributed by atoms with van der Waals surface area (Å²) in [5, 5.41) is 3.90. The predicted molar refractivity (Wildman–Crippen MR) is 77.0 cm³/mol. The van der Waals surface area contributed by atoms with E-state index in [1.165, 1.54) is 0 Å². The molecule has 0 fully saturated rings. The monoisotopic (exact) mass is 276 g/mol. The van der Waals surface area contributed by atoms with Crippen LogP contribution in [-0.4, -0.2) is 21.0 Å². The Morgan fingerprint density at radius 3 is 2.79 bits per heavy atom. The molecule has 0 amide bonds. The van der Waals surface area contributed by atoms with E-state index in [2.05, 4.69) is 34.1 Å². The van der Waals surface area contributed by atoms with Gasteiger partial charge >= 0.3 is 0 Å². The molecule has 0 aromatic carbocycles. The van der Waals surface area contributed by atoms with Crippen molar-refractivity contribution in [3.05, 3.63) is 40.8 Å². The molecule has 100 valence electrons. The lowest BCUT2D eigenvalue weighted by molar-refractivity contribution is 0.580. The van der Waals surface area contributed by atoms with Gasteiger partial charge in [-0.3, -0.25) is 4.98 Å². The predicted octanol–water partition coefficient (Wildman–Crippen LogP) is 3.00. The van der Waals surface area contributed by atoms with Crippen LogP contribution in [0.1, 0.15) is 25.2 Å². The lowest BCUT2D eigenvalue weighted by atomic mass is 10.2.